The van der Waals surface area contributed by atoms with E-state index in [9.17, 15) is 0 Å². The summed E-state index contributed by atoms with van der Waals surface area (Å²) in [6.45, 7) is 10.1. The molecule has 0 aliphatic rings. The average molecular weight is 377 g/mol. The second kappa shape index (κ2) is 8.72. The summed E-state index contributed by atoms with van der Waals surface area (Å²) in [6, 6.07) is 6.55. The lowest BCUT2D eigenvalue weighted by atomic mass is 9.98. The zero-order valence-corrected chi connectivity index (χ0v) is 17.6. The second-order valence-corrected chi connectivity index (χ2v) is 8.69. The summed E-state index contributed by atoms with van der Waals surface area (Å²) >= 11 is 3.49. The van der Waals surface area contributed by atoms with E-state index in [-0.39, 0.29) is 5.41 Å². The molecule has 0 aliphatic heterocycles. The van der Waals surface area contributed by atoms with Crippen LogP contribution in [0.2, 0.25) is 0 Å². The number of rotatable bonds is 5. The predicted molar refractivity (Wildman–Crippen MR) is 111 cm³/mol. The molecule has 2 rings (SSSR count). The zero-order chi connectivity index (χ0) is 18.4. The molecule has 0 radical (unpaired) electrons. The molecule has 0 spiro atoms. The molecule has 1 aromatic heterocycles. The normalized spacial score (nSPS) is 12.3. The van der Waals surface area contributed by atoms with Crippen molar-refractivity contribution in [1.82, 2.24) is 15.6 Å². The Balaban J connectivity index is 1.92. The van der Waals surface area contributed by atoms with Gasteiger partial charge in [-0.3, -0.25) is 4.99 Å². The van der Waals surface area contributed by atoms with Gasteiger partial charge in [-0.2, -0.15) is 0 Å². The Morgan fingerprint density at radius 1 is 1.24 bits per heavy atom. The van der Waals surface area contributed by atoms with Crippen molar-refractivity contribution in [1.29, 1.82) is 0 Å². The lowest BCUT2D eigenvalue weighted by molar-refractivity contribution is 0.582. The van der Waals surface area contributed by atoms with Crippen LogP contribution in [-0.4, -0.2) is 24.2 Å². The van der Waals surface area contributed by atoms with Crippen molar-refractivity contribution in [3.05, 3.63) is 45.4 Å². The molecular weight excluding hydrogens is 348 g/mol. The van der Waals surface area contributed by atoms with E-state index in [0.717, 1.165) is 23.2 Å². The third-order valence-corrected chi connectivity index (χ3v) is 5.88. The van der Waals surface area contributed by atoms with Gasteiger partial charge in [0.15, 0.2) is 5.96 Å². The zero-order valence-electron chi connectivity index (χ0n) is 15.9. The van der Waals surface area contributed by atoms with Crippen molar-refractivity contribution >= 4 is 29.1 Å². The number of thiazole rings is 1. The molecule has 1 heterocycles. The Hall–Kier alpha value is -1.53. The van der Waals surface area contributed by atoms with Gasteiger partial charge >= 0.3 is 0 Å². The van der Waals surface area contributed by atoms with Crippen molar-refractivity contribution < 1.29 is 0 Å². The van der Waals surface area contributed by atoms with E-state index in [1.807, 2.05) is 0 Å². The molecule has 25 heavy (non-hydrogen) atoms. The lowest BCUT2D eigenvalue weighted by Crippen LogP contribution is -2.36. The van der Waals surface area contributed by atoms with Crippen LogP contribution in [-0.2, 0) is 18.5 Å². The minimum atomic E-state index is 0.0997. The Labute approximate surface area is 159 Å². The molecular formula is C19H28N4S2. The molecule has 2 aromatic rings. The molecule has 4 nitrogen and oxygen atoms in total. The van der Waals surface area contributed by atoms with Gasteiger partial charge in [-0.05, 0) is 30.4 Å². The standard InChI is InChI=1S/C19H28N4S2/c1-13-7-8-14(16(9-13)24-6)10-21-18(20-5)22-11-15-12-25-17(23-15)19(2,3)4/h7-9,12H,10-11H2,1-6H3,(H2,20,21,22). The topological polar surface area (TPSA) is 49.3 Å². The molecule has 0 aliphatic carbocycles. The summed E-state index contributed by atoms with van der Waals surface area (Å²) < 4.78 is 0. The SMILES string of the molecule is CN=C(NCc1csc(C(C)(C)C)n1)NCc1ccc(C)cc1SC. The van der Waals surface area contributed by atoms with Crippen LogP contribution in [0.25, 0.3) is 0 Å². The fourth-order valence-corrected chi connectivity index (χ4v) is 3.92. The first-order valence-electron chi connectivity index (χ1n) is 8.36. The highest BCUT2D eigenvalue weighted by Gasteiger charge is 2.17. The van der Waals surface area contributed by atoms with Crippen molar-refractivity contribution in [2.45, 2.75) is 51.1 Å². The molecule has 0 saturated heterocycles. The van der Waals surface area contributed by atoms with Gasteiger partial charge in [-0.1, -0.05) is 32.9 Å². The van der Waals surface area contributed by atoms with E-state index in [4.69, 9.17) is 4.98 Å². The molecule has 2 N–H and O–H groups in total. The smallest absolute Gasteiger partial charge is 0.191 e. The third kappa shape index (κ3) is 5.75. The molecule has 0 fully saturated rings. The van der Waals surface area contributed by atoms with Crippen LogP contribution in [0, 0.1) is 6.92 Å². The highest BCUT2D eigenvalue weighted by Crippen LogP contribution is 2.25. The van der Waals surface area contributed by atoms with Crippen LogP contribution >= 0.6 is 23.1 Å². The Morgan fingerprint density at radius 3 is 2.56 bits per heavy atom. The van der Waals surface area contributed by atoms with Crippen LogP contribution in [0.5, 0.6) is 0 Å². The molecule has 136 valence electrons. The Morgan fingerprint density at radius 2 is 1.96 bits per heavy atom. The first kappa shape index (κ1) is 19.8. The molecule has 0 saturated carbocycles. The molecule has 6 heteroatoms. The summed E-state index contributed by atoms with van der Waals surface area (Å²) in [5, 5.41) is 10.0. The van der Waals surface area contributed by atoms with Crippen molar-refractivity contribution in [3.63, 3.8) is 0 Å². The van der Waals surface area contributed by atoms with E-state index in [2.05, 4.69) is 73.2 Å². The van der Waals surface area contributed by atoms with Gasteiger partial charge in [0.25, 0.3) is 0 Å². The van der Waals surface area contributed by atoms with Gasteiger partial charge in [0.1, 0.15) is 0 Å². The van der Waals surface area contributed by atoms with Crippen LogP contribution in [0.1, 0.15) is 42.6 Å². The van der Waals surface area contributed by atoms with Gasteiger partial charge in [0, 0.05) is 29.3 Å². The summed E-state index contributed by atoms with van der Waals surface area (Å²) in [5.74, 6) is 0.790. The highest BCUT2D eigenvalue weighted by atomic mass is 32.2. The van der Waals surface area contributed by atoms with E-state index < -0.39 is 0 Å². The predicted octanol–water partition coefficient (Wildman–Crippen LogP) is 4.34. The average Bonchev–Trinajstić information content (AvgIpc) is 3.05. The van der Waals surface area contributed by atoms with E-state index in [0.29, 0.717) is 6.54 Å². The number of benzene rings is 1. The Kier molecular flexibility index (Phi) is 6.90. The summed E-state index contributed by atoms with van der Waals surface area (Å²) in [4.78, 5) is 10.3. The number of aliphatic imine (C=N–C) groups is 1. The summed E-state index contributed by atoms with van der Waals surface area (Å²) in [6.07, 6.45) is 2.11. The number of hydrogen-bond acceptors (Lipinski definition) is 4. The number of nitrogens with one attached hydrogen (secondary N) is 2. The number of guanidine groups is 1. The molecule has 0 bridgehead atoms. The van der Waals surface area contributed by atoms with Crippen LogP contribution < -0.4 is 10.6 Å². The lowest BCUT2D eigenvalue weighted by Gasteiger charge is -2.14. The van der Waals surface area contributed by atoms with E-state index >= 15 is 0 Å². The first-order valence-corrected chi connectivity index (χ1v) is 10.5. The molecule has 0 atom stereocenters. The van der Waals surface area contributed by atoms with Gasteiger partial charge < -0.3 is 10.6 Å². The second-order valence-electron chi connectivity index (χ2n) is 6.99. The molecule has 0 unspecified atom stereocenters. The highest BCUT2D eigenvalue weighted by molar-refractivity contribution is 7.98. The van der Waals surface area contributed by atoms with Gasteiger partial charge in [-0.25, -0.2) is 4.98 Å². The van der Waals surface area contributed by atoms with Crippen LogP contribution in [0.4, 0.5) is 0 Å². The van der Waals surface area contributed by atoms with Crippen LogP contribution in [0.3, 0.4) is 0 Å². The minimum Gasteiger partial charge on any atom is -0.352 e. The number of aryl methyl sites for hydroxylation is 1. The van der Waals surface area contributed by atoms with Crippen molar-refractivity contribution in [2.24, 2.45) is 4.99 Å². The van der Waals surface area contributed by atoms with E-state index in [1.165, 1.54) is 16.0 Å². The summed E-state index contributed by atoms with van der Waals surface area (Å²) in [7, 11) is 1.79. The fraction of sp³-hybridized carbons (Fsp3) is 0.474. The quantitative estimate of drug-likeness (QED) is 0.463. The van der Waals surface area contributed by atoms with Crippen molar-refractivity contribution in [3.8, 4) is 0 Å². The number of thioether (sulfide) groups is 1. The van der Waals surface area contributed by atoms with Crippen molar-refractivity contribution in [2.75, 3.05) is 13.3 Å². The third-order valence-electron chi connectivity index (χ3n) is 3.74. The van der Waals surface area contributed by atoms with E-state index in [1.54, 1.807) is 30.1 Å². The number of nitrogens with zero attached hydrogens (tertiary/aromatic N) is 2. The largest absolute Gasteiger partial charge is 0.352 e. The number of hydrogen-bond donors (Lipinski definition) is 2. The van der Waals surface area contributed by atoms with Gasteiger partial charge in [0.05, 0.1) is 17.2 Å². The monoisotopic (exact) mass is 376 g/mol. The van der Waals surface area contributed by atoms with Gasteiger partial charge in [-0.15, -0.1) is 23.1 Å². The Bertz CT molecular complexity index is 729. The van der Waals surface area contributed by atoms with Crippen LogP contribution in [0.15, 0.2) is 33.5 Å². The molecule has 0 amide bonds. The molecule has 1 aromatic carbocycles. The fourth-order valence-electron chi connectivity index (χ4n) is 2.30. The first-order chi connectivity index (χ1) is 11.8. The number of aromatic nitrogens is 1. The maximum Gasteiger partial charge on any atom is 0.191 e. The summed E-state index contributed by atoms with van der Waals surface area (Å²) in [5.41, 5.74) is 3.72. The maximum absolute atomic E-state index is 4.71. The van der Waals surface area contributed by atoms with Gasteiger partial charge in [0.2, 0.25) is 0 Å². The maximum atomic E-state index is 4.71. The minimum absolute atomic E-state index is 0.0997.